The number of benzene rings is 1. The first-order chi connectivity index (χ1) is 6.75. The molecule has 6 heteroatoms. The molecule has 15 heavy (non-hydrogen) atoms. The van der Waals surface area contributed by atoms with Gasteiger partial charge in [0.1, 0.15) is 0 Å². The number of halogens is 6. The van der Waals surface area contributed by atoms with Gasteiger partial charge >= 0.3 is 6.18 Å². The Bertz CT molecular complexity index is 368. The summed E-state index contributed by atoms with van der Waals surface area (Å²) in [6.45, 7) is 0.676. The molecule has 0 nitrogen and oxygen atoms in total. The second-order valence-electron chi connectivity index (χ2n) is 3.03. The van der Waals surface area contributed by atoms with Crippen molar-refractivity contribution < 1.29 is 26.3 Å². The van der Waals surface area contributed by atoms with Crippen molar-refractivity contribution in [1.29, 1.82) is 0 Å². The van der Waals surface area contributed by atoms with Crippen molar-refractivity contribution in [2.75, 3.05) is 0 Å². The van der Waals surface area contributed by atoms with Crippen LogP contribution in [0.2, 0.25) is 0 Å². The predicted octanol–water partition coefficient (Wildman–Crippen LogP) is 3.77. The predicted molar refractivity (Wildman–Crippen MR) is 40.8 cm³/mol. The molecule has 0 bridgehead atoms. The van der Waals surface area contributed by atoms with Crippen LogP contribution in [0.3, 0.4) is 0 Å². The second kappa shape index (κ2) is 3.75. The van der Waals surface area contributed by atoms with Crippen molar-refractivity contribution in [1.82, 2.24) is 0 Å². The Morgan fingerprint density at radius 2 is 1.53 bits per heavy atom. The molecule has 1 atom stereocenters. The van der Waals surface area contributed by atoms with Gasteiger partial charge in [0, 0.05) is 5.56 Å². The summed E-state index contributed by atoms with van der Waals surface area (Å²) >= 11 is 0. The van der Waals surface area contributed by atoms with Crippen molar-refractivity contribution in [2.24, 2.45) is 0 Å². The Kier molecular flexibility index (Phi) is 2.97. The molecule has 84 valence electrons. The van der Waals surface area contributed by atoms with Crippen LogP contribution in [0.25, 0.3) is 0 Å². The summed E-state index contributed by atoms with van der Waals surface area (Å²) in [6.07, 6.45) is -4.69. The molecule has 0 aliphatic rings. The maximum atomic E-state index is 12.9. The number of rotatable bonds is 1. The standard InChI is InChI=1S/C9H6F6/c1-4(9(13,14)15)5-2-3-6(10)8(12)7(5)11/h2-4H,1H3. The first kappa shape index (κ1) is 11.9. The van der Waals surface area contributed by atoms with Crippen LogP contribution in [0.5, 0.6) is 0 Å². The molecule has 0 aliphatic heterocycles. The molecule has 0 radical (unpaired) electrons. The van der Waals surface area contributed by atoms with Crippen molar-refractivity contribution in [3.05, 3.63) is 35.1 Å². The number of hydrogen-bond donors (Lipinski definition) is 0. The molecule has 0 saturated carbocycles. The molecule has 0 aromatic heterocycles. The van der Waals surface area contributed by atoms with Gasteiger partial charge in [-0.1, -0.05) is 6.07 Å². The highest BCUT2D eigenvalue weighted by atomic mass is 19.4. The first-order valence-electron chi connectivity index (χ1n) is 3.95. The highest BCUT2D eigenvalue weighted by molar-refractivity contribution is 5.24. The van der Waals surface area contributed by atoms with Crippen LogP contribution in [0.15, 0.2) is 12.1 Å². The molecule has 0 amide bonds. The molecule has 1 aromatic carbocycles. The van der Waals surface area contributed by atoms with E-state index in [1.165, 1.54) is 0 Å². The Balaban J connectivity index is 3.23. The van der Waals surface area contributed by atoms with Crippen LogP contribution < -0.4 is 0 Å². The number of alkyl halides is 3. The van der Waals surface area contributed by atoms with Gasteiger partial charge < -0.3 is 0 Å². The third-order valence-electron chi connectivity index (χ3n) is 2.02. The Morgan fingerprint density at radius 3 is 2.00 bits per heavy atom. The summed E-state index contributed by atoms with van der Waals surface area (Å²) in [5.74, 6) is -7.36. The fourth-order valence-corrected chi connectivity index (χ4v) is 1.05. The van der Waals surface area contributed by atoms with Gasteiger partial charge in [-0.3, -0.25) is 0 Å². The van der Waals surface area contributed by atoms with Crippen LogP contribution in [-0.2, 0) is 0 Å². The van der Waals surface area contributed by atoms with Crippen molar-refractivity contribution >= 4 is 0 Å². The SMILES string of the molecule is CC(c1ccc(F)c(F)c1F)C(F)(F)F. The van der Waals surface area contributed by atoms with E-state index in [1.54, 1.807) is 0 Å². The van der Waals surface area contributed by atoms with Gasteiger partial charge in [0.15, 0.2) is 17.5 Å². The fourth-order valence-electron chi connectivity index (χ4n) is 1.05. The van der Waals surface area contributed by atoms with Crippen LogP contribution in [0, 0.1) is 17.5 Å². The molecular weight excluding hydrogens is 222 g/mol. The van der Waals surface area contributed by atoms with E-state index in [1.807, 2.05) is 0 Å². The lowest BCUT2D eigenvalue weighted by Crippen LogP contribution is -2.19. The van der Waals surface area contributed by atoms with Gasteiger partial charge in [-0.25, -0.2) is 13.2 Å². The minimum Gasteiger partial charge on any atom is -0.204 e. The molecule has 1 aromatic rings. The van der Waals surface area contributed by atoms with Gasteiger partial charge in [0.25, 0.3) is 0 Å². The summed E-state index contributed by atoms with van der Waals surface area (Å²) in [5.41, 5.74) is -0.901. The summed E-state index contributed by atoms with van der Waals surface area (Å²) in [7, 11) is 0. The maximum Gasteiger partial charge on any atom is 0.395 e. The minimum absolute atomic E-state index is 0.468. The Morgan fingerprint density at radius 1 is 1.00 bits per heavy atom. The van der Waals surface area contributed by atoms with E-state index in [9.17, 15) is 26.3 Å². The lowest BCUT2D eigenvalue weighted by atomic mass is 10.00. The van der Waals surface area contributed by atoms with E-state index in [-0.39, 0.29) is 0 Å². The summed E-state index contributed by atoms with van der Waals surface area (Å²) in [6, 6.07) is 1.06. The van der Waals surface area contributed by atoms with Crippen LogP contribution >= 0.6 is 0 Å². The second-order valence-corrected chi connectivity index (χ2v) is 3.03. The van der Waals surface area contributed by atoms with Gasteiger partial charge in [-0.15, -0.1) is 0 Å². The first-order valence-corrected chi connectivity index (χ1v) is 3.95. The molecule has 1 rings (SSSR count). The zero-order chi connectivity index (χ0) is 11.8. The van der Waals surface area contributed by atoms with E-state index in [2.05, 4.69) is 0 Å². The lowest BCUT2D eigenvalue weighted by molar-refractivity contribution is -0.146. The van der Waals surface area contributed by atoms with Crippen LogP contribution in [0.1, 0.15) is 18.4 Å². The Hall–Kier alpha value is -1.20. The molecule has 1 unspecified atom stereocenters. The van der Waals surface area contributed by atoms with E-state index in [0.717, 1.165) is 0 Å². The quantitative estimate of drug-likeness (QED) is 0.507. The summed E-state index contributed by atoms with van der Waals surface area (Å²) < 4.78 is 74.5. The summed E-state index contributed by atoms with van der Waals surface area (Å²) in [4.78, 5) is 0. The van der Waals surface area contributed by atoms with Gasteiger partial charge in [0.2, 0.25) is 0 Å². The lowest BCUT2D eigenvalue weighted by Gasteiger charge is -2.16. The molecule has 0 heterocycles. The smallest absolute Gasteiger partial charge is 0.204 e. The summed E-state index contributed by atoms with van der Waals surface area (Å²) in [5, 5.41) is 0. The molecule has 0 aliphatic carbocycles. The molecule has 0 spiro atoms. The molecular formula is C9H6F6. The monoisotopic (exact) mass is 228 g/mol. The molecule has 0 fully saturated rings. The van der Waals surface area contributed by atoms with Crippen LogP contribution in [0.4, 0.5) is 26.3 Å². The average molecular weight is 228 g/mol. The van der Waals surface area contributed by atoms with Gasteiger partial charge in [0.05, 0.1) is 5.92 Å². The Labute approximate surface area is 81.5 Å². The number of hydrogen-bond acceptors (Lipinski definition) is 0. The highest BCUT2D eigenvalue weighted by Crippen LogP contribution is 2.36. The largest absolute Gasteiger partial charge is 0.395 e. The van der Waals surface area contributed by atoms with Gasteiger partial charge in [-0.2, -0.15) is 13.2 Å². The van der Waals surface area contributed by atoms with Crippen molar-refractivity contribution in [3.63, 3.8) is 0 Å². The van der Waals surface area contributed by atoms with E-state index >= 15 is 0 Å². The fraction of sp³-hybridized carbons (Fsp3) is 0.333. The van der Waals surface area contributed by atoms with Crippen molar-refractivity contribution in [3.8, 4) is 0 Å². The van der Waals surface area contributed by atoms with Crippen LogP contribution in [-0.4, -0.2) is 6.18 Å². The van der Waals surface area contributed by atoms with E-state index in [0.29, 0.717) is 19.1 Å². The molecule has 0 saturated heterocycles. The normalized spacial score (nSPS) is 14.1. The van der Waals surface area contributed by atoms with Gasteiger partial charge in [-0.05, 0) is 13.0 Å². The van der Waals surface area contributed by atoms with E-state index in [4.69, 9.17) is 0 Å². The topological polar surface area (TPSA) is 0 Å². The van der Waals surface area contributed by atoms with Crippen molar-refractivity contribution in [2.45, 2.75) is 19.0 Å². The minimum atomic E-state index is -4.69. The zero-order valence-electron chi connectivity index (χ0n) is 7.50. The third-order valence-corrected chi connectivity index (χ3v) is 2.02. The zero-order valence-corrected chi connectivity index (χ0v) is 7.50. The average Bonchev–Trinajstić information content (AvgIpc) is 2.12. The third kappa shape index (κ3) is 2.24. The maximum absolute atomic E-state index is 12.9. The van der Waals surface area contributed by atoms with E-state index < -0.39 is 35.1 Å². The molecule has 0 N–H and O–H groups in total. The highest BCUT2D eigenvalue weighted by Gasteiger charge is 2.39.